The van der Waals surface area contributed by atoms with E-state index < -0.39 is 0 Å². The summed E-state index contributed by atoms with van der Waals surface area (Å²) in [5.41, 5.74) is 4.67. The van der Waals surface area contributed by atoms with Crippen LogP contribution in [0.15, 0.2) is 24.4 Å². The van der Waals surface area contributed by atoms with E-state index in [-0.39, 0.29) is 5.82 Å². The number of hydrogen-bond acceptors (Lipinski definition) is 6. The fourth-order valence-electron chi connectivity index (χ4n) is 4.13. The summed E-state index contributed by atoms with van der Waals surface area (Å²) in [5.74, 6) is -0.308. The van der Waals surface area contributed by atoms with Crippen molar-refractivity contribution >= 4 is 32.3 Å². The lowest BCUT2D eigenvalue weighted by atomic mass is 10.1. The Hall–Kier alpha value is -2.58. The molecule has 29 heavy (non-hydrogen) atoms. The van der Waals surface area contributed by atoms with Gasteiger partial charge in [-0.25, -0.2) is 18.9 Å². The van der Waals surface area contributed by atoms with Crippen molar-refractivity contribution in [2.24, 2.45) is 0 Å². The zero-order chi connectivity index (χ0) is 20.3. The second-order valence-electron chi connectivity index (χ2n) is 8.04. The maximum atomic E-state index is 15.0. The molecule has 0 saturated carbocycles. The first-order valence-electron chi connectivity index (χ1n) is 9.82. The van der Waals surface area contributed by atoms with Crippen LogP contribution in [0.3, 0.4) is 0 Å². The van der Waals surface area contributed by atoms with Crippen LogP contribution < -0.4 is 10.2 Å². The van der Waals surface area contributed by atoms with E-state index in [4.69, 9.17) is 0 Å². The van der Waals surface area contributed by atoms with Crippen molar-refractivity contribution in [2.45, 2.75) is 39.8 Å². The smallest absolute Gasteiger partial charge is 0.186 e. The molecule has 8 heteroatoms. The minimum atomic E-state index is -0.308. The van der Waals surface area contributed by atoms with Crippen molar-refractivity contribution in [1.82, 2.24) is 24.9 Å². The van der Waals surface area contributed by atoms with E-state index in [0.717, 1.165) is 51.1 Å². The summed E-state index contributed by atoms with van der Waals surface area (Å²) < 4.78 is 17.6. The fraction of sp³-hybridized carbons (Fsp3) is 0.381. The molecule has 1 aromatic carbocycles. The number of thiazole rings is 1. The SMILES string of the molecule is Cc1cn2nc(-c3cc(F)c4nc(N5CC(C)NC(C)C5)sc4c3)cc(C)c2n1. The highest BCUT2D eigenvalue weighted by atomic mass is 32.1. The Morgan fingerprint density at radius 2 is 1.86 bits per heavy atom. The number of aryl methyl sites for hydroxylation is 2. The first-order valence-corrected chi connectivity index (χ1v) is 10.6. The summed E-state index contributed by atoms with van der Waals surface area (Å²) in [4.78, 5) is 11.4. The predicted molar refractivity (Wildman–Crippen MR) is 115 cm³/mol. The number of aromatic nitrogens is 4. The molecule has 0 spiro atoms. The van der Waals surface area contributed by atoms with Crippen LogP contribution in [0.25, 0.3) is 27.1 Å². The zero-order valence-corrected chi connectivity index (χ0v) is 17.7. The standard InChI is InChI=1S/C21H23FN6S/c1-11-5-17(26-28-10-14(4)24-20(11)28)15-6-16(22)19-18(7-15)29-21(25-19)27-8-12(2)23-13(3)9-27/h5-7,10,12-13,23H,8-9H2,1-4H3. The summed E-state index contributed by atoms with van der Waals surface area (Å²) in [6.07, 6.45) is 1.89. The van der Waals surface area contributed by atoms with Crippen LogP contribution in [0, 0.1) is 19.7 Å². The molecule has 0 amide bonds. The molecule has 0 radical (unpaired) electrons. The topological polar surface area (TPSA) is 58.4 Å². The van der Waals surface area contributed by atoms with Gasteiger partial charge in [-0.05, 0) is 51.5 Å². The van der Waals surface area contributed by atoms with Gasteiger partial charge < -0.3 is 10.2 Å². The van der Waals surface area contributed by atoms with Crippen molar-refractivity contribution in [3.63, 3.8) is 0 Å². The number of anilines is 1. The number of nitrogens with zero attached hydrogens (tertiary/aromatic N) is 5. The van der Waals surface area contributed by atoms with Crippen LogP contribution in [-0.4, -0.2) is 44.8 Å². The van der Waals surface area contributed by atoms with Gasteiger partial charge in [0, 0.05) is 30.7 Å². The molecular formula is C21H23FN6S. The fourth-order valence-corrected chi connectivity index (χ4v) is 5.17. The van der Waals surface area contributed by atoms with Crippen LogP contribution >= 0.6 is 11.3 Å². The number of halogens is 1. The number of benzene rings is 1. The average Bonchev–Trinajstić information content (AvgIpc) is 3.24. The Morgan fingerprint density at radius 1 is 1.10 bits per heavy atom. The third kappa shape index (κ3) is 3.26. The molecule has 1 saturated heterocycles. The van der Waals surface area contributed by atoms with E-state index in [2.05, 4.69) is 39.1 Å². The third-order valence-electron chi connectivity index (χ3n) is 5.29. The molecule has 3 aromatic heterocycles. The lowest BCUT2D eigenvalue weighted by molar-refractivity contribution is 0.407. The van der Waals surface area contributed by atoms with Gasteiger partial charge in [0.2, 0.25) is 0 Å². The van der Waals surface area contributed by atoms with Crippen molar-refractivity contribution in [2.75, 3.05) is 18.0 Å². The minimum absolute atomic E-state index is 0.308. The van der Waals surface area contributed by atoms with E-state index >= 15 is 0 Å². The Bertz CT molecular complexity index is 1220. The highest BCUT2D eigenvalue weighted by Crippen LogP contribution is 2.34. The molecule has 150 valence electrons. The van der Waals surface area contributed by atoms with E-state index in [9.17, 15) is 4.39 Å². The molecule has 1 N–H and O–H groups in total. The number of hydrogen-bond donors (Lipinski definition) is 1. The maximum absolute atomic E-state index is 15.0. The number of imidazole rings is 1. The van der Waals surface area contributed by atoms with Crippen LogP contribution in [-0.2, 0) is 0 Å². The van der Waals surface area contributed by atoms with Gasteiger partial charge in [0.1, 0.15) is 5.52 Å². The van der Waals surface area contributed by atoms with Gasteiger partial charge in [0.25, 0.3) is 0 Å². The van der Waals surface area contributed by atoms with Gasteiger partial charge in [0.05, 0.1) is 22.3 Å². The first kappa shape index (κ1) is 18.4. The first-order chi connectivity index (χ1) is 13.9. The molecule has 4 aromatic rings. The van der Waals surface area contributed by atoms with Gasteiger partial charge in [-0.15, -0.1) is 0 Å². The van der Waals surface area contributed by atoms with Crippen LogP contribution in [0.4, 0.5) is 9.52 Å². The molecular weight excluding hydrogens is 387 g/mol. The monoisotopic (exact) mass is 410 g/mol. The van der Waals surface area contributed by atoms with Crippen LogP contribution in [0.2, 0.25) is 0 Å². The molecule has 4 heterocycles. The molecule has 5 rings (SSSR count). The van der Waals surface area contributed by atoms with Crippen molar-refractivity contribution in [3.05, 3.63) is 41.5 Å². The Balaban J connectivity index is 1.58. The highest BCUT2D eigenvalue weighted by Gasteiger charge is 2.24. The van der Waals surface area contributed by atoms with E-state index in [1.807, 2.05) is 32.2 Å². The molecule has 1 aliphatic rings. The Labute approximate surface area is 172 Å². The zero-order valence-electron chi connectivity index (χ0n) is 16.9. The van der Waals surface area contributed by atoms with Gasteiger partial charge in [0.15, 0.2) is 16.6 Å². The predicted octanol–water partition coefficient (Wildman–Crippen LogP) is 3.95. The summed E-state index contributed by atoms with van der Waals surface area (Å²) in [5, 5.41) is 9.04. The van der Waals surface area contributed by atoms with Gasteiger partial charge in [-0.3, -0.25) is 0 Å². The number of rotatable bonds is 2. The maximum Gasteiger partial charge on any atom is 0.186 e. The molecule has 0 aliphatic carbocycles. The molecule has 0 bridgehead atoms. The van der Waals surface area contributed by atoms with Gasteiger partial charge >= 0.3 is 0 Å². The van der Waals surface area contributed by atoms with E-state index in [0.29, 0.717) is 17.6 Å². The van der Waals surface area contributed by atoms with Crippen molar-refractivity contribution in [1.29, 1.82) is 0 Å². The average molecular weight is 411 g/mol. The lowest BCUT2D eigenvalue weighted by Crippen LogP contribution is -2.54. The Morgan fingerprint density at radius 3 is 2.62 bits per heavy atom. The Kier molecular flexibility index (Phi) is 4.29. The van der Waals surface area contributed by atoms with Crippen LogP contribution in [0.5, 0.6) is 0 Å². The summed E-state index contributed by atoms with van der Waals surface area (Å²) >= 11 is 1.54. The number of nitrogens with one attached hydrogen (secondary N) is 1. The summed E-state index contributed by atoms with van der Waals surface area (Å²) in [6, 6.07) is 6.25. The normalized spacial score (nSPS) is 20.1. The quantitative estimate of drug-likeness (QED) is 0.542. The second-order valence-corrected chi connectivity index (χ2v) is 9.05. The molecule has 6 nitrogen and oxygen atoms in total. The third-order valence-corrected chi connectivity index (χ3v) is 6.35. The minimum Gasteiger partial charge on any atom is -0.345 e. The summed E-state index contributed by atoms with van der Waals surface area (Å²) in [7, 11) is 0. The van der Waals surface area contributed by atoms with E-state index in [1.165, 1.54) is 6.07 Å². The number of fused-ring (bicyclic) bond motifs is 2. The van der Waals surface area contributed by atoms with Gasteiger partial charge in [-0.1, -0.05) is 11.3 Å². The van der Waals surface area contributed by atoms with Crippen molar-refractivity contribution in [3.8, 4) is 11.3 Å². The number of piperazine rings is 1. The second kappa shape index (κ2) is 6.74. The van der Waals surface area contributed by atoms with Crippen LogP contribution in [0.1, 0.15) is 25.1 Å². The summed E-state index contributed by atoms with van der Waals surface area (Å²) in [6.45, 7) is 10.0. The molecule has 1 aliphatic heterocycles. The largest absolute Gasteiger partial charge is 0.345 e. The van der Waals surface area contributed by atoms with E-state index in [1.54, 1.807) is 15.9 Å². The molecule has 1 fully saturated rings. The van der Waals surface area contributed by atoms with Gasteiger partial charge in [-0.2, -0.15) is 5.10 Å². The lowest BCUT2D eigenvalue weighted by Gasteiger charge is -2.35. The molecule has 2 atom stereocenters. The highest BCUT2D eigenvalue weighted by molar-refractivity contribution is 7.22. The van der Waals surface area contributed by atoms with Crippen molar-refractivity contribution < 1.29 is 4.39 Å². The molecule has 2 unspecified atom stereocenters.